The first-order valence-corrected chi connectivity index (χ1v) is 9.94. The molecular weight excluding hydrogens is 388 g/mol. The largest absolute Gasteiger partial charge is 0.364 e. The van der Waals surface area contributed by atoms with Crippen molar-refractivity contribution in [1.82, 2.24) is 14.7 Å². The van der Waals surface area contributed by atoms with E-state index in [0.717, 1.165) is 11.1 Å². The molecule has 0 aliphatic heterocycles. The van der Waals surface area contributed by atoms with E-state index < -0.39 is 5.91 Å². The van der Waals surface area contributed by atoms with Crippen LogP contribution in [-0.4, -0.2) is 26.5 Å². The van der Waals surface area contributed by atoms with Crippen molar-refractivity contribution in [3.63, 3.8) is 0 Å². The van der Waals surface area contributed by atoms with E-state index in [-0.39, 0.29) is 17.3 Å². The lowest BCUT2D eigenvalue weighted by molar-refractivity contribution is 0.0723. The molecule has 4 aromatic rings. The van der Waals surface area contributed by atoms with E-state index in [9.17, 15) is 9.59 Å². The van der Waals surface area contributed by atoms with Crippen molar-refractivity contribution in [1.29, 1.82) is 0 Å². The first kappa shape index (κ1) is 20.1. The number of aromatic nitrogens is 2. The molecule has 1 aromatic heterocycles. The summed E-state index contributed by atoms with van der Waals surface area (Å²) in [4.78, 5) is 27.2. The standard InChI is InChI=1S/C25H22N4O2/c26-24(30)23-16-22(27-29(23)21-14-8-3-9-15-21)25(31)28(17-19-10-4-1-5-11-19)18-20-12-6-2-7-13-20/h1-16H,17-18H2,(H2,26,30). The SMILES string of the molecule is NC(=O)c1cc(C(=O)N(Cc2ccccc2)Cc2ccccc2)nn1-c1ccccc1. The van der Waals surface area contributed by atoms with E-state index >= 15 is 0 Å². The van der Waals surface area contributed by atoms with E-state index in [1.807, 2.05) is 78.9 Å². The second-order valence-corrected chi connectivity index (χ2v) is 7.16. The number of para-hydroxylation sites is 1. The summed E-state index contributed by atoms with van der Waals surface area (Å²) < 4.78 is 1.42. The molecule has 0 atom stereocenters. The van der Waals surface area contributed by atoms with Crippen LogP contribution in [0.4, 0.5) is 0 Å². The zero-order chi connectivity index (χ0) is 21.6. The van der Waals surface area contributed by atoms with Gasteiger partial charge in [-0.05, 0) is 23.3 Å². The Bertz CT molecular complexity index is 1130. The molecule has 0 saturated heterocycles. The summed E-state index contributed by atoms with van der Waals surface area (Å²) >= 11 is 0. The Kier molecular flexibility index (Phi) is 5.89. The fourth-order valence-corrected chi connectivity index (χ4v) is 3.40. The molecule has 0 aliphatic carbocycles. The van der Waals surface area contributed by atoms with Gasteiger partial charge >= 0.3 is 0 Å². The van der Waals surface area contributed by atoms with Crippen LogP contribution in [0.5, 0.6) is 0 Å². The highest BCUT2D eigenvalue weighted by molar-refractivity contribution is 5.97. The van der Waals surface area contributed by atoms with Crippen LogP contribution in [0.1, 0.15) is 32.1 Å². The van der Waals surface area contributed by atoms with Gasteiger partial charge in [0.1, 0.15) is 5.69 Å². The van der Waals surface area contributed by atoms with Gasteiger partial charge in [-0.1, -0.05) is 78.9 Å². The number of carbonyl (C=O) groups excluding carboxylic acids is 2. The van der Waals surface area contributed by atoms with Gasteiger partial charge in [-0.2, -0.15) is 5.10 Å². The first-order valence-electron chi connectivity index (χ1n) is 9.94. The Morgan fingerprint density at radius 3 is 1.74 bits per heavy atom. The van der Waals surface area contributed by atoms with Crippen molar-refractivity contribution in [3.8, 4) is 5.69 Å². The molecule has 2 N–H and O–H groups in total. The second-order valence-electron chi connectivity index (χ2n) is 7.16. The number of hydrogen-bond acceptors (Lipinski definition) is 3. The third-order valence-corrected chi connectivity index (χ3v) is 4.90. The molecule has 0 spiro atoms. The maximum absolute atomic E-state index is 13.5. The Morgan fingerprint density at radius 2 is 1.26 bits per heavy atom. The van der Waals surface area contributed by atoms with Gasteiger partial charge in [-0.15, -0.1) is 0 Å². The smallest absolute Gasteiger partial charge is 0.274 e. The van der Waals surface area contributed by atoms with Crippen LogP contribution in [0, 0.1) is 0 Å². The molecule has 0 saturated carbocycles. The van der Waals surface area contributed by atoms with Gasteiger partial charge in [0.05, 0.1) is 5.69 Å². The summed E-state index contributed by atoms with van der Waals surface area (Å²) in [5.41, 5.74) is 8.56. The second kappa shape index (κ2) is 9.09. The molecular formula is C25H22N4O2. The molecule has 3 aromatic carbocycles. The van der Waals surface area contributed by atoms with Crippen LogP contribution in [0.3, 0.4) is 0 Å². The van der Waals surface area contributed by atoms with Crippen LogP contribution in [0.15, 0.2) is 97.1 Å². The van der Waals surface area contributed by atoms with E-state index in [1.54, 1.807) is 17.0 Å². The minimum Gasteiger partial charge on any atom is -0.364 e. The highest BCUT2D eigenvalue weighted by Gasteiger charge is 2.23. The quantitative estimate of drug-likeness (QED) is 0.503. The van der Waals surface area contributed by atoms with Crippen molar-refractivity contribution in [2.45, 2.75) is 13.1 Å². The normalized spacial score (nSPS) is 10.6. The number of nitrogens with two attached hydrogens (primary N) is 1. The Hall–Kier alpha value is -4.19. The zero-order valence-corrected chi connectivity index (χ0v) is 16.9. The number of carbonyl (C=O) groups is 2. The van der Waals surface area contributed by atoms with Crippen molar-refractivity contribution in [2.75, 3.05) is 0 Å². The zero-order valence-electron chi connectivity index (χ0n) is 16.9. The summed E-state index contributed by atoms with van der Waals surface area (Å²) in [5.74, 6) is -0.919. The van der Waals surface area contributed by atoms with Crippen molar-refractivity contribution in [2.24, 2.45) is 5.73 Å². The molecule has 6 nitrogen and oxygen atoms in total. The van der Waals surface area contributed by atoms with Crippen molar-refractivity contribution < 1.29 is 9.59 Å². The summed E-state index contributed by atoms with van der Waals surface area (Å²) in [5, 5.41) is 4.43. The highest BCUT2D eigenvalue weighted by atomic mass is 16.2. The van der Waals surface area contributed by atoms with E-state index in [4.69, 9.17) is 5.73 Å². The highest BCUT2D eigenvalue weighted by Crippen LogP contribution is 2.17. The molecule has 6 heteroatoms. The first-order chi connectivity index (χ1) is 15.1. The lowest BCUT2D eigenvalue weighted by Gasteiger charge is -2.22. The molecule has 4 rings (SSSR count). The lowest BCUT2D eigenvalue weighted by atomic mass is 10.1. The number of hydrogen-bond donors (Lipinski definition) is 1. The molecule has 0 unspecified atom stereocenters. The molecule has 1 heterocycles. The minimum atomic E-state index is -0.645. The van der Waals surface area contributed by atoms with E-state index in [0.29, 0.717) is 18.8 Å². The molecule has 2 amide bonds. The number of benzene rings is 3. The topological polar surface area (TPSA) is 81.2 Å². The Morgan fingerprint density at radius 1 is 0.774 bits per heavy atom. The predicted molar refractivity (Wildman–Crippen MR) is 119 cm³/mol. The third kappa shape index (κ3) is 4.70. The van der Waals surface area contributed by atoms with Gasteiger partial charge in [0, 0.05) is 19.2 Å². The van der Waals surface area contributed by atoms with Gasteiger partial charge in [-0.25, -0.2) is 4.68 Å². The fraction of sp³-hybridized carbons (Fsp3) is 0.0800. The van der Waals surface area contributed by atoms with Crippen LogP contribution >= 0.6 is 0 Å². The van der Waals surface area contributed by atoms with Crippen LogP contribution < -0.4 is 5.73 Å². The molecule has 0 fully saturated rings. The maximum Gasteiger partial charge on any atom is 0.274 e. The van der Waals surface area contributed by atoms with Crippen molar-refractivity contribution >= 4 is 11.8 Å². The molecule has 31 heavy (non-hydrogen) atoms. The average molecular weight is 410 g/mol. The van der Waals surface area contributed by atoms with Crippen LogP contribution in [0.25, 0.3) is 5.69 Å². The summed E-state index contributed by atoms with van der Waals surface area (Å²) in [6.07, 6.45) is 0. The number of amides is 2. The number of nitrogens with zero attached hydrogens (tertiary/aromatic N) is 3. The van der Waals surface area contributed by atoms with Gasteiger partial charge in [0.25, 0.3) is 11.8 Å². The van der Waals surface area contributed by atoms with Gasteiger partial charge < -0.3 is 10.6 Å². The predicted octanol–water partition coefficient (Wildman–Crippen LogP) is 3.81. The fourth-order valence-electron chi connectivity index (χ4n) is 3.40. The Balaban J connectivity index is 1.70. The maximum atomic E-state index is 13.5. The van der Waals surface area contributed by atoms with E-state index in [1.165, 1.54) is 10.7 Å². The molecule has 154 valence electrons. The Labute approximate surface area is 180 Å². The average Bonchev–Trinajstić information content (AvgIpc) is 3.26. The van der Waals surface area contributed by atoms with Gasteiger partial charge in [0.15, 0.2) is 5.69 Å². The lowest BCUT2D eigenvalue weighted by Crippen LogP contribution is -2.30. The third-order valence-electron chi connectivity index (χ3n) is 4.90. The minimum absolute atomic E-state index is 0.161. The molecule has 0 bridgehead atoms. The number of primary amides is 1. The summed E-state index contributed by atoms with van der Waals surface area (Å²) in [6.45, 7) is 0.831. The van der Waals surface area contributed by atoms with Crippen LogP contribution in [0.2, 0.25) is 0 Å². The van der Waals surface area contributed by atoms with E-state index in [2.05, 4.69) is 5.10 Å². The van der Waals surface area contributed by atoms with Crippen molar-refractivity contribution in [3.05, 3.63) is 120 Å². The monoisotopic (exact) mass is 410 g/mol. The summed E-state index contributed by atoms with van der Waals surface area (Å²) in [7, 11) is 0. The summed E-state index contributed by atoms with van der Waals surface area (Å²) in [6, 6.07) is 30.1. The number of rotatable bonds is 7. The van der Waals surface area contributed by atoms with Gasteiger partial charge in [-0.3, -0.25) is 9.59 Å². The van der Waals surface area contributed by atoms with Crippen LogP contribution in [-0.2, 0) is 13.1 Å². The molecule has 0 aliphatic rings. The molecule has 0 radical (unpaired) electrons. The van der Waals surface area contributed by atoms with Gasteiger partial charge in [0.2, 0.25) is 0 Å².